The van der Waals surface area contributed by atoms with E-state index < -0.39 is 0 Å². The molecule has 0 aromatic carbocycles. The van der Waals surface area contributed by atoms with E-state index >= 15 is 0 Å². The van der Waals surface area contributed by atoms with Crippen LogP contribution in [0.4, 0.5) is 0 Å². The Kier molecular flexibility index (Phi) is 8.28. The van der Waals surface area contributed by atoms with Gasteiger partial charge in [-0.25, -0.2) is 0 Å². The third-order valence-corrected chi connectivity index (χ3v) is 5.34. The highest BCUT2D eigenvalue weighted by atomic mass is 16.5. The molecule has 1 saturated heterocycles. The lowest BCUT2D eigenvalue weighted by Crippen LogP contribution is -2.47. The molecule has 3 nitrogen and oxygen atoms in total. The first-order chi connectivity index (χ1) is 10.8. The van der Waals surface area contributed by atoms with Crippen molar-refractivity contribution < 1.29 is 9.53 Å². The Hall–Kier alpha value is -0.570. The van der Waals surface area contributed by atoms with Crippen molar-refractivity contribution in [2.75, 3.05) is 13.1 Å². The number of nitrogens with zero attached hydrogens (tertiary/aromatic N) is 1. The summed E-state index contributed by atoms with van der Waals surface area (Å²) in [5.41, 5.74) is 0. The Labute approximate surface area is 136 Å². The summed E-state index contributed by atoms with van der Waals surface area (Å²) in [5, 5.41) is 0. The number of ether oxygens (including phenoxy) is 1. The summed E-state index contributed by atoms with van der Waals surface area (Å²) in [6, 6.07) is 0.462. The number of piperidine rings is 1. The maximum atomic E-state index is 11.6. The van der Waals surface area contributed by atoms with Gasteiger partial charge >= 0.3 is 5.97 Å². The van der Waals surface area contributed by atoms with Crippen molar-refractivity contribution in [1.82, 2.24) is 4.90 Å². The van der Waals surface area contributed by atoms with Crippen LogP contribution in [0.15, 0.2) is 0 Å². The van der Waals surface area contributed by atoms with E-state index in [0.717, 1.165) is 6.42 Å². The van der Waals surface area contributed by atoms with Crippen LogP contribution < -0.4 is 0 Å². The SMILES string of the molecule is CC(=O)O[C@@H]1CCCCCCCCCC[C@@H]1N1CCCCC1. The molecule has 0 spiro atoms. The number of carbonyl (C=O) groups is 1. The molecule has 1 saturated carbocycles. The first-order valence-electron chi connectivity index (χ1n) is 9.68. The summed E-state index contributed by atoms with van der Waals surface area (Å²) in [4.78, 5) is 14.2. The van der Waals surface area contributed by atoms with Gasteiger partial charge in [-0.05, 0) is 45.2 Å². The van der Waals surface area contributed by atoms with E-state index in [2.05, 4.69) is 4.90 Å². The predicted octanol–water partition coefficient (Wildman–Crippen LogP) is 4.69. The second-order valence-electron chi connectivity index (χ2n) is 7.22. The fourth-order valence-electron chi connectivity index (χ4n) is 4.16. The van der Waals surface area contributed by atoms with Crippen LogP contribution >= 0.6 is 0 Å². The van der Waals surface area contributed by atoms with Gasteiger partial charge in [0.15, 0.2) is 0 Å². The van der Waals surface area contributed by atoms with Gasteiger partial charge in [0.25, 0.3) is 0 Å². The van der Waals surface area contributed by atoms with Crippen molar-refractivity contribution in [3.63, 3.8) is 0 Å². The minimum atomic E-state index is -0.0981. The average Bonchev–Trinajstić information content (AvgIpc) is 2.50. The zero-order valence-electron chi connectivity index (χ0n) is 14.5. The molecule has 0 bridgehead atoms. The van der Waals surface area contributed by atoms with Crippen LogP contribution in [0.25, 0.3) is 0 Å². The summed E-state index contributed by atoms with van der Waals surface area (Å²) < 4.78 is 5.78. The smallest absolute Gasteiger partial charge is 0.302 e. The third kappa shape index (κ3) is 6.28. The number of esters is 1. The number of likely N-dealkylation sites (tertiary alicyclic amines) is 1. The minimum absolute atomic E-state index is 0.0981. The summed E-state index contributed by atoms with van der Waals surface area (Å²) in [7, 11) is 0. The van der Waals surface area contributed by atoms with Crippen LogP contribution in [0.1, 0.15) is 90.4 Å². The molecule has 3 heteroatoms. The van der Waals surface area contributed by atoms with Crippen molar-refractivity contribution in [2.45, 2.75) is 103 Å². The summed E-state index contributed by atoms with van der Waals surface area (Å²) in [5.74, 6) is -0.0981. The standard InChI is InChI=1S/C19H35NO2/c1-17(21)22-19-14-10-7-5-3-2-4-6-9-13-18(19)20-15-11-8-12-16-20/h18-19H,2-16H2,1H3/t18-,19+/m0/s1. The molecule has 0 radical (unpaired) electrons. The Morgan fingerprint density at radius 2 is 1.27 bits per heavy atom. The van der Waals surface area contributed by atoms with Crippen LogP contribution in [-0.4, -0.2) is 36.1 Å². The van der Waals surface area contributed by atoms with Crippen molar-refractivity contribution in [3.05, 3.63) is 0 Å². The average molecular weight is 309 g/mol. The van der Waals surface area contributed by atoms with E-state index in [4.69, 9.17) is 4.74 Å². The van der Waals surface area contributed by atoms with Crippen molar-refractivity contribution >= 4 is 5.97 Å². The van der Waals surface area contributed by atoms with Crippen LogP contribution in [0.3, 0.4) is 0 Å². The fourth-order valence-corrected chi connectivity index (χ4v) is 4.16. The van der Waals surface area contributed by atoms with Gasteiger partial charge in [0, 0.05) is 13.0 Å². The molecule has 0 aromatic heterocycles. The van der Waals surface area contributed by atoms with E-state index in [9.17, 15) is 4.79 Å². The first-order valence-corrected chi connectivity index (χ1v) is 9.68. The highest BCUT2D eigenvalue weighted by molar-refractivity contribution is 5.66. The lowest BCUT2D eigenvalue weighted by molar-refractivity contribution is -0.151. The van der Waals surface area contributed by atoms with Crippen LogP contribution in [0.5, 0.6) is 0 Å². The summed E-state index contributed by atoms with van der Waals surface area (Å²) in [6.07, 6.45) is 17.0. The molecule has 1 aliphatic carbocycles. The number of hydrogen-bond acceptors (Lipinski definition) is 3. The molecule has 22 heavy (non-hydrogen) atoms. The van der Waals surface area contributed by atoms with E-state index in [1.54, 1.807) is 6.92 Å². The molecular weight excluding hydrogens is 274 g/mol. The van der Waals surface area contributed by atoms with Gasteiger partial charge in [0.2, 0.25) is 0 Å². The summed E-state index contributed by atoms with van der Waals surface area (Å²) in [6.45, 7) is 3.97. The number of rotatable bonds is 2. The Morgan fingerprint density at radius 1 is 0.773 bits per heavy atom. The molecule has 0 unspecified atom stereocenters. The number of carbonyl (C=O) groups excluding carboxylic acids is 1. The van der Waals surface area contributed by atoms with Gasteiger partial charge in [-0.15, -0.1) is 0 Å². The normalized spacial score (nSPS) is 30.0. The second kappa shape index (κ2) is 10.3. The molecular formula is C19H35NO2. The Morgan fingerprint density at radius 3 is 1.86 bits per heavy atom. The molecule has 1 aliphatic heterocycles. The van der Waals surface area contributed by atoms with Crippen molar-refractivity contribution in [3.8, 4) is 0 Å². The zero-order valence-corrected chi connectivity index (χ0v) is 14.5. The maximum Gasteiger partial charge on any atom is 0.302 e. The largest absolute Gasteiger partial charge is 0.461 e. The lowest BCUT2D eigenvalue weighted by Gasteiger charge is -2.39. The highest BCUT2D eigenvalue weighted by Crippen LogP contribution is 2.25. The third-order valence-electron chi connectivity index (χ3n) is 5.34. The van der Waals surface area contributed by atoms with Gasteiger partial charge < -0.3 is 4.74 Å². The molecule has 2 fully saturated rings. The highest BCUT2D eigenvalue weighted by Gasteiger charge is 2.30. The van der Waals surface area contributed by atoms with Crippen LogP contribution in [-0.2, 0) is 9.53 Å². The molecule has 1 heterocycles. The van der Waals surface area contributed by atoms with Gasteiger partial charge in [0.05, 0.1) is 0 Å². The lowest BCUT2D eigenvalue weighted by atomic mass is 9.93. The van der Waals surface area contributed by atoms with Crippen LogP contribution in [0, 0.1) is 0 Å². The van der Waals surface area contributed by atoms with Gasteiger partial charge in [-0.3, -0.25) is 9.69 Å². The Bertz CT molecular complexity index is 313. The first kappa shape index (κ1) is 17.8. The molecule has 2 aliphatic rings. The minimum Gasteiger partial charge on any atom is -0.461 e. The topological polar surface area (TPSA) is 29.5 Å². The molecule has 2 rings (SSSR count). The van der Waals surface area contributed by atoms with Gasteiger partial charge in [-0.1, -0.05) is 51.4 Å². The predicted molar refractivity (Wildman–Crippen MR) is 90.9 cm³/mol. The van der Waals surface area contributed by atoms with Crippen LogP contribution in [0.2, 0.25) is 0 Å². The van der Waals surface area contributed by atoms with Gasteiger partial charge in [-0.2, -0.15) is 0 Å². The summed E-state index contributed by atoms with van der Waals surface area (Å²) >= 11 is 0. The van der Waals surface area contributed by atoms with Crippen molar-refractivity contribution in [1.29, 1.82) is 0 Å². The Balaban J connectivity index is 2.00. The molecule has 2 atom stereocenters. The molecule has 0 amide bonds. The van der Waals surface area contributed by atoms with Gasteiger partial charge in [0.1, 0.15) is 6.10 Å². The fraction of sp³-hybridized carbons (Fsp3) is 0.947. The van der Waals surface area contributed by atoms with Crippen molar-refractivity contribution in [2.24, 2.45) is 0 Å². The zero-order chi connectivity index (χ0) is 15.6. The second-order valence-corrected chi connectivity index (χ2v) is 7.22. The molecule has 0 aromatic rings. The number of hydrogen-bond donors (Lipinski definition) is 0. The molecule has 128 valence electrons. The van der Waals surface area contributed by atoms with E-state index in [1.165, 1.54) is 90.1 Å². The van der Waals surface area contributed by atoms with E-state index in [1.807, 2.05) is 0 Å². The van der Waals surface area contributed by atoms with E-state index in [-0.39, 0.29) is 12.1 Å². The quantitative estimate of drug-likeness (QED) is 0.693. The molecule has 0 N–H and O–H groups in total. The maximum absolute atomic E-state index is 11.6. The monoisotopic (exact) mass is 309 g/mol. The van der Waals surface area contributed by atoms with E-state index in [0.29, 0.717) is 6.04 Å².